The van der Waals surface area contributed by atoms with Gasteiger partial charge in [-0.3, -0.25) is 9.59 Å². The molecule has 0 radical (unpaired) electrons. The topological polar surface area (TPSA) is 66.8 Å². The fraction of sp³-hybridized carbons (Fsp3) is 0.833. The minimum absolute atomic E-state index is 0.0609. The van der Waals surface area contributed by atoms with Crippen LogP contribution in [0.25, 0.3) is 0 Å². The molecule has 2 fully saturated rings. The van der Waals surface area contributed by atoms with E-state index in [2.05, 4.69) is 0 Å². The van der Waals surface area contributed by atoms with E-state index >= 15 is 0 Å². The standard InChI is InChI=1S/C12H19NO4/c1-17-12(5-2-6-12)8-13-7-9(11(15)16)3-4-10(13)14/h9H,2-8H2,1H3,(H,15,16). The van der Waals surface area contributed by atoms with Gasteiger partial charge < -0.3 is 14.7 Å². The second-order valence-corrected chi connectivity index (χ2v) is 5.09. The zero-order valence-corrected chi connectivity index (χ0v) is 10.1. The Balaban J connectivity index is 1.98. The van der Waals surface area contributed by atoms with Crippen LogP contribution in [0.4, 0.5) is 0 Å². The third-order valence-corrected chi connectivity index (χ3v) is 4.03. The third kappa shape index (κ3) is 2.44. The molecule has 1 atom stereocenters. The molecule has 1 aliphatic heterocycles. The average molecular weight is 241 g/mol. The van der Waals surface area contributed by atoms with Crippen molar-refractivity contribution in [2.24, 2.45) is 5.92 Å². The number of methoxy groups -OCH3 is 1. The van der Waals surface area contributed by atoms with Crippen molar-refractivity contribution in [2.75, 3.05) is 20.2 Å². The summed E-state index contributed by atoms with van der Waals surface area (Å²) in [6, 6.07) is 0. The van der Waals surface area contributed by atoms with Crippen LogP contribution in [0.2, 0.25) is 0 Å². The van der Waals surface area contributed by atoms with Crippen molar-refractivity contribution in [2.45, 2.75) is 37.7 Å². The predicted molar refractivity (Wildman–Crippen MR) is 60.5 cm³/mol. The van der Waals surface area contributed by atoms with Gasteiger partial charge in [-0.15, -0.1) is 0 Å². The van der Waals surface area contributed by atoms with Crippen LogP contribution in [-0.2, 0) is 14.3 Å². The van der Waals surface area contributed by atoms with Gasteiger partial charge >= 0.3 is 5.97 Å². The summed E-state index contributed by atoms with van der Waals surface area (Å²) in [7, 11) is 1.67. The summed E-state index contributed by atoms with van der Waals surface area (Å²) in [6.45, 7) is 0.880. The number of carbonyl (C=O) groups is 2. The van der Waals surface area contributed by atoms with Crippen molar-refractivity contribution in [3.05, 3.63) is 0 Å². The number of piperidine rings is 1. The number of carboxylic acid groups (broad SMARTS) is 1. The SMILES string of the molecule is COC1(CN2CC(C(=O)O)CCC2=O)CCC1. The van der Waals surface area contributed by atoms with E-state index < -0.39 is 11.9 Å². The Morgan fingerprint density at radius 2 is 2.29 bits per heavy atom. The highest BCUT2D eigenvalue weighted by atomic mass is 16.5. The Morgan fingerprint density at radius 1 is 1.59 bits per heavy atom. The third-order valence-electron chi connectivity index (χ3n) is 4.03. The molecule has 1 heterocycles. The van der Waals surface area contributed by atoms with Gasteiger partial charge in [-0.05, 0) is 25.7 Å². The second kappa shape index (κ2) is 4.64. The van der Waals surface area contributed by atoms with E-state index in [1.54, 1.807) is 12.0 Å². The Labute approximate surface area is 101 Å². The summed E-state index contributed by atoms with van der Waals surface area (Å²) in [5.41, 5.74) is -0.212. The van der Waals surface area contributed by atoms with Gasteiger partial charge in [0.2, 0.25) is 5.91 Å². The van der Waals surface area contributed by atoms with Crippen LogP contribution < -0.4 is 0 Å². The van der Waals surface area contributed by atoms with Crippen LogP contribution in [0, 0.1) is 5.92 Å². The molecular weight excluding hydrogens is 222 g/mol. The van der Waals surface area contributed by atoms with Crippen molar-refractivity contribution in [3.8, 4) is 0 Å². The molecular formula is C12H19NO4. The number of carbonyl (C=O) groups excluding carboxylic acids is 1. The first-order chi connectivity index (χ1) is 8.06. The highest BCUT2D eigenvalue weighted by molar-refractivity contribution is 5.80. The van der Waals surface area contributed by atoms with E-state index in [4.69, 9.17) is 9.84 Å². The highest BCUT2D eigenvalue weighted by Gasteiger charge is 2.41. The van der Waals surface area contributed by atoms with Gasteiger partial charge in [0.05, 0.1) is 11.5 Å². The minimum atomic E-state index is -0.803. The largest absolute Gasteiger partial charge is 0.481 e. The number of nitrogens with zero attached hydrogens (tertiary/aromatic N) is 1. The number of amides is 1. The van der Waals surface area contributed by atoms with E-state index in [1.807, 2.05) is 0 Å². The van der Waals surface area contributed by atoms with Gasteiger partial charge in [-0.2, -0.15) is 0 Å². The highest BCUT2D eigenvalue weighted by Crippen LogP contribution is 2.36. The molecule has 1 saturated heterocycles. The summed E-state index contributed by atoms with van der Waals surface area (Å²) in [6.07, 6.45) is 3.86. The van der Waals surface area contributed by atoms with Crippen molar-refractivity contribution in [1.82, 2.24) is 4.90 Å². The molecule has 1 unspecified atom stereocenters. The minimum Gasteiger partial charge on any atom is -0.481 e. The molecule has 1 amide bonds. The quantitative estimate of drug-likeness (QED) is 0.793. The lowest BCUT2D eigenvalue weighted by molar-refractivity contribution is -0.153. The fourth-order valence-corrected chi connectivity index (χ4v) is 2.61. The molecule has 0 aromatic carbocycles. The molecule has 0 aromatic rings. The van der Waals surface area contributed by atoms with Gasteiger partial charge in [0.15, 0.2) is 0 Å². The molecule has 5 heteroatoms. The van der Waals surface area contributed by atoms with Crippen molar-refractivity contribution in [3.63, 3.8) is 0 Å². The maximum atomic E-state index is 11.8. The average Bonchev–Trinajstić information content (AvgIpc) is 2.25. The summed E-state index contributed by atoms with van der Waals surface area (Å²) in [5.74, 6) is -1.16. The molecule has 1 aliphatic carbocycles. The number of likely N-dealkylation sites (tertiary alicyclic amines) is 1. The lowest BCUT2D eigenvalue weighted by Gasteiger charge is -2.45. The Kier molecular flexibility index (Phi) is 3.38. The van der Waals surface area contributed by atoms with Crippen LogP contribution in [0.3, 0.4) is 0 Å². The smallest absolute Gasteiger partial charge is 0.308 e. The Morgan fingerprint density at radius 3 is 2.76 bits per heavy atom. The summed E-state index contributed by atoms with van der Waals surface area (Å²) >= 11 is 0. The maximum Gasteiger partial charge on any atom is 0.308 e. The zero-order chi connectivity index (χ0) is 12.5. The number of hydrogen-bond acceptors (Lipinski definition) is 3. The summed E-state index contributed by atoms with van der Waals surface area (Å²) < 4.78 is 5.48. The monoisotopic (exact) mass is 241 g/mol. The van der Waals surface area contributed by atoms with E-state index in [9.17, 15) is 9.59 Å². The van der Waals surface area contributed by atoms with Crippen LogP contribution in [0.1, 0.15) is 32.1 Å². The van der Waals surface area contributed by atoms with Gasteiger partial charge in [0.25, 0.3) is 0 Å². The molecule has 0 bridgehead atoms. The van der Waals surface area contributed by atoms with Crippen molar-refractivity contribution >= 4 is 11.9 Å². The second-order valence-electron chi connectivity index (χ2n) is 5.09. The lowest BCUT2D eigenvalue weighted by atomic mass is 9.79. The number of aliphatic carboxylic acids is 1. The molecule has 0 spiro atoms. The van der Waals surface area contributed by atoms with Gasteiger partial charge in [-0.25, -0.2) is 0 Å². The number of rotatable bonds is 4. The lowest BCUT2D eigenvalue weighted by Crippen LogP contribution is -2.54. The first-order valence-electron chi connectivity index (χ1n) is 6.12. The van der Waals surface area contributed by atoms with Crippen molar-refractivity contribution < 1.29 is 19.4 Å². The van der Waals surface area contributed by atoms with Gasteiger partial charge in [0.1, 0.15) is 0 Å². The van der Waals surface area contributed by atoms with Crippen LogP contribution in [0.5, 0.6) is 0 Å². The van der Waals surface area contributed by atoms with Crippen molar-refractivity contribution in [1.29, 1.82) is 0 Å². The van der Waals surface area contributed by atoms with E-state index in [0.717, 1.165) is 19.3 Å². The Hall–Kier alpha value is -1.10. The van der Waals surface area contributed by atoms with Gasteiger partial charge in [0, 0.05) is 26.6 Å². The van der Waals surface area contributed by atoms with E-state index in [-0.39, 0.29) is 11.5 Å². The molecule has 96 valence electrons. The van der Waals surface area contributed by atoms with Crippen LogP contribution >= 0.6 is 0 Å². The van der Waals surface area contributed by atoms with E-state index in [0.29, 0.717) is 25.9 Å². The fourth-order valence-electron chi connectivity index (χ4n) is 2.61. The molecule has 1 N–H and O–H groups in total. The first-order valence-corrected chi connectivity index (χ1v) is 6.12. The summed E-state index contributed by atoms with van der Waals surface area (Å²) in [5, 5.41) is 9.00. The molecule has 2 aliphatic rings. The van der Waals surface area contributed by atoms with E-state index in [1.165, 1.54) is 0 Å². The van der Waals surface area contributed by atoms with Gasteiger partial charge in [-0.1, -0.05) is 0 Å². The molecule has 2 rings (SSSR count). The molecule has 0 aromatic heterocycles. The molecule has 5 nitrogen and oxygen atoms in total. The number of carboxylic acids is 1. The Bertz CT molecular complexity index is 319. The predicted octanol–water partition coefficient (Wildman–Crippen LogP) is 0.879. The normalized spacial score (nSPS) is 27.7. The first kappa shape index (κ1) is 12.4. The van der Waals surface area contributed by atoms with Crippen LogP contribution in [-0.4, -0.2) is 47.7 Å². The maximum absolute atomic E-state index is 11.8. The molecule has 1 saturated carbocycles. The summed E-state index contributed by atoms with van der Waals surface area (Å²) in [4.78, 5) is 24.4. The number of ether oxygens (including phenoxy) is 1. The van der Waals surface area contributed by atoms with Crippen LogP contribution in [0.15, 0.2) is 0 Å². The number of hydrogen-bond donors (Lipinski definition) is 1. The molecule has 17 heavy (non-hydrogen) atoms. The zero-order valence-electron chi connectivity index (χ0n) is 10.1.